The summed E-state index contributed by atoms with van der Waals surface area (Å²) < 4.78 is 5.33. The van der Waals surface area contributed by atoms with Crippen molar-refractivity contribution >= 4 is 45.3 Å². The third-order valence-corrected chi connectivity index (χ3v) is 12.5. The van der Waals surface area contributed by atoms with Gasteiger partial charge in [0.1, 0.15) is 6.04 Å². The van der Waals surface area contributed by atoms with Crippen molar-refractivity contribution < 1.29 is 19.5 Å². The topological polar surface area (TPSA) is 147 Å². The molecule has 4 aromatic rings. The molecule has 3 amide bonds. The van der Waals surface area contributed by atoms with E-state index in [0.717, 1.165) is 105 Å². The Morgan fingerprint density at radius 3 is 2.44 bits per heavy atom. The number of para-hydroxylation sites is 1. The second kappa shape index (κ2) is 14.4. The molecule has 2 aromatic carbocycles. The summed E-state index contributed by atoms with van der Waals surface area (Å²) in [7, 11) is 4.05. The number of anilines is 1. The van der Waals surface area contributed by atoms with Crippen LogP contribution in [-0.4, -0.2) is 84.3 Å². The molecule has 13 heteroatoms. The van der Waals surface area contributed by atoms with Crippen molar-refractivity contribution in [3.63, 3.8) is 0 Å². The van der Waals surface area contributed by atoms with Crippen molar-refractivity contribution in [1.29, 1.82) is 0 Å². The molecule has 8 rings (SSSR count). The lowest BCUT2D eigenvalue weighted by molar-refractivity contribution is -0.135. The van der Waals surface area contributed by atoms with Gasteiger partial charge >= 0.3 is 5.69 Å². The van der Waals surface area contributed by atoms with Gasteiger partial charge in [-0.1, -0.05) is 12.1 Å². The fourth-order valence-electron chi connectivity index (χ4n) is 9.25. The van der Waals surface area contributed by atoms with Crippen LogP contribution in [0.25, 0.3) is 21.9 Å². The number of piperidine rings is 2. The molecule has 2 aliphatic carbocycles. The molecule has 2 aromatic heterocycles. The molecule has 0 spiro atoms. The van der Waals surface area contributed by atoms with E-state index in [2.05, 4.69) is 44.4 Å². The SMILES string of the molecule is CN(CC1CCC(n2cc3cc(NC(=O)C4CC4)c(C(C)(C)O)cc3n2)CC1)C1CCN(Cc2cccc3c2n(C)c(=O)n3C2CCC(=O)NC2=O)CC1. The van der Waals surface area contributed by atoms with Crippen molar-refractivity contribution in [2.24, 2.45) is 18.9 Å². The Balaban J connectivity index is 0.852. The number of likely N-dealkylation sites (tertiary alicyclic amines) is 1. The van der Waals surface area contributed by atoms with Crippen LogP contribution in [0.5, 0.6) is 0 Å². The van der Waals surface area contributed by atoms with E-state index in [0.29, 0.717) is 35.7 Å². The second-order valence-corrected chi connectivity index (χ2v) is 17.0. The second-order valence-electron chi connectivity index (χ2n) is 17.0. The summed E-state index contributed by atoms with van der Waals surface area (Å²) in [5.41, 5.74) is 3.54. The standard InChI is InChI=1S/C41H54N8O5/c1-41(2,54)31-21-32-28(20-33(31)42-38(51)26-10-11-26)24-48(44-32)30-12-8-25(9-13-30)22-45(3)29-16-18-47(19-17-29)23-27-6-5-7-34-37(27)46(4)40(53)49(34)35-14-15-36(50)43-39(35)52/h5-7,20-21,24-26,29-30,35,54H,8-19,22-23H2,1-4H3,(H,42,51)(H,43,50,52). The van der Waals surface area contributed by atoms with Crippen molar-refractivity contribution in [1.82, 2.24) is 34.0 Å². The zero-order valence-corrected chi connectivity index (χ0v) is 32.0. The quantitative estimate of drug-likeness (QED) is 0.201. The predicted molar refractivity (Wildman–Crippen MR) is 207 cm³/mol. The van der Waals surface area contributed by atoms with E-state index in [1.165, 1.54) is 0 Å². The lowest BCUT2D eigenvalue weighted by Gasteiger charge is -2.39. The third kappa shape index (κ3) is 7.25. The van der Waals surface area contributed by atoms with Crippen LogP contribution in [0, 0.1) is 11.8 Å². The number of rotatable bonds is 10. The summed E-state index contributed by atoms with van der Waals surface area (Å²) in [6.45, 7) is 7.29. The lowest BCUT2D eigenvalue weighted by Crippen LogP contribution is -2.44. The monoisotopic (exact) mass is 738 g/mol. The van der Waals surface area contributed by atoms with Crippen molar-refractivity contribution in [3.8, 4) is 0 Å². The molecule has 4 fully saturated rings. The number of hydrogen-bond donors (Lipinski definition) is 3. The molecule has 0 radical (unpaired) electrons. The molecule has 4 heterocycles. The number of nitrogens with one attached hydrogen (secondary N) is 2. The molecule has 288 valence electrons. The number of amides is 3. The molecule has 2 saturated heterocycles. The van der Waals surface area contributed by atoms with Gasteiger partial charge in [0, 0.05) is 61.4 Å². The van der Waals surface area contributed by atoms with Crippen LogP contribution in [0.3, 0.4) is 0 Å². The number of benzene rings is 2. The Bertz CT molecular complexity index is 2140. The van der Waals surface area contributed by atoms with Crippen molar-refractivity contribution in [3.05, 3.63) is 58.1 Å². The summed E-state index contributed by atoms with van der Waals surface area (Å²) in [4.78, 5) is 55.5. The minimum absolute atomic E-state index is 0.0320. The maximum atomic E-state index is 13.4. The molecule has 1 atom stereocenters. The minimum Gasteiger partial charge on any atom is -0.386 e. The molecule has 54 heavy (non-hydrogen) atoms. The van der Waals surface area contributed by atoms with E-state index in [-0.39, 0.29) is 29.8 Å². The van der Waals surface area contributed by atoms with E-state index >= 15 is 0 Å². The highest BCUT2D eigenvalue weighted by Gasteiger charge is 2.34. The highest BCUT2D eigenvalue weighted by atomic mass is 16.3. The van der Waals surface area contributed by atoms with Crippen LogP contribution in [0.15, 0.2) is 41.3 Å². The first-order valence-corrected chi connectivity index (χ1v) is 19.9. The predicted octanol–water partition coefficient (Wildman–Crippen LogP) is 4.57. The van der Waals surface area contributed by atoms with Gasteiger partial charge in [0.2, 0.25) is 17.7 Å². The molecule has 3 N–H and O–H groups in total. The van der Waals surface area contributed by atoms with Crippen molar-refractivity contribution in [2.45, 2.75) is 108 Å². The summed E-state index contributed by atoms with van der Waals surface area (Å²) >= 11 is 0. The number of aryl methyl sites for hydroxylation is 1. The maximum Gasteiger partial charge on any atom is 0.329 e. The molecule has 0 bridgehead atoms. The fraction of sp³-hybridized carbons (Fsp3) is 0.585. The number of nitrogens with zero attached hydrogens (tertiary/aromatic N) is 6. The summed E-state index contributed by atoms with van der Waals surface area (Å²) in [6.07, 6.45) is 11.2. The third-order valence-electron chi connectivity index (χ3n) is 12.5. The number of hydrogen-bond acceptors (Lipinski definition) is 8. The molecule has 4 aliphatic rings. The molecular formula is C41H54N8O5. The van der Waals surface area contributed by atoms with E-state index in [1.807, 2.05) is 24.3 Å². The zero-order valence-electron chi connectivity index (χ0n) is 32.0. The van der Waals surface area contributed by atoms with Gasteiger partial charge in [-0.2, -0.15) is 5.10 Å². The van der Waals surface area contributed by atoms with Gasteiger partial charge < -0.3 is 15.3 Å². The zero-order chi connectivity index (χ0) is 37.9. The summed E-state index contributed by atoms with van der Waals surface area (Å²) in [5, 5.41) is 22.3. The first-order valence-electron chi connectivity index (χ1n) is 19.9. The fourth-order valence-corrected chi connectivity index (χ4v) is 9.25. The van der Waals surface area contributed by atoms with E-state index in [4.69, 9.17) is 5.10 Å². The van der Waals surface area contributed by atoms with Crippen molar-refractivity contribution in [2.75, 3.05) is 32.0 Å². The van der Waals surface area contributed by atoms with Crippen LogP contribution >= 0.6 is 0 Å². The number of carbonyl (C=O) groups is 3. The van der Waals surface area contributed by atoms with Crippen LogP contribution in [0.4, 0.5) is 5.69 Å². The molecule has 1 unspecified atom stereocenters. The van der Waals surface area contributed by atoms with Gasteiger partial charge in [-0.25, -0.2) is 4.79 Å². The summed E-state index contributed by atoms with van der Waals surface area (Å²) in [5.74, 6) is 0.0595. The largest absolute Gasteiger partial charge is 0.386 e. The number of imidazole rings is 1. The van der Waals surface area contributed by atoms with Gasteiger partial charge in [0.05, 0.1) is 28.2 Å². The van der Waals surface area contributed by atoms with Crippen LogP contribution in [0.1, 0.15) is 101 Å². The van der Waals surface area contributed by atoms with E-state index < -0.39 is 17.6 Å². The van der Waals surface area contributed by atoms with Gasteiger partial charge in [-0.05, 0) is 121 Å². The molecular weight excluding hydrogens is 685 g/mol. The van der Waals surface area contributed by atoms with E-state index in [9.17, 15) is 24.3 Å². The average Bonchev–Trinajstić information content (AvgIpc) is 3.86. The minimum atomic E-state index is -1.10. The summed E-state index contributed by atoms with van der Waals surface area (Å²) in [6, 6.07) is 10.0. The first kappa shape index (κ1) is 36.6. The maximum absolute atomic E-state index is 13.4. The van der Waals surface area contributed by atoms with Crippen LogP contribution in [0.2, 0.25) is 0 Å². The smallest absolute Gasteiger partial charge is 0.329 e. The molecule has 13 nitrogen and oxygen atoms in total. The Labute approximate surface area is 315 Å². The Morgan fingerprint density at radius 1 is 1.02 bits per heavy atom. The number of aliphatic hydroxyl groups is 1. The number of carbonyl (C=O) groups excluding carboxylic acids is 3. The van der Waals surface area contributed by atoms with Gasteiger partial charge in [0.15, 0.2) is 0 Å². The number of imide groups is 1. The van der Waals surface area contributed by atoms with Gasteiger partial charge in [-0.15, -0.1) is 0 Å². The first-order chi connectivity index (χ1) is 25.8. The lowest BCUT2D eigenvalue weighted by atomic mass is 9.85. The Hall–Kier alpha value is -4.33. The van der Waals surface area contributed by atoms with Crippen LogP contribution < -0.4 is 16.3 Å². The van der Waals surface area contributed by atoms with Gasteiger partial charge in [-0.3, -0.25) is 38.4 Å². The van der Waals surface area contributed by atoms with E-state index in [1.54, 1.807) is 30.0 Å². The highest BCUT2D eigenvalue weighted by Crippen LogP contribution is 2.38. The number of aromatic nitrogens is 4. The molecule has 2 aliphatic heterocycles. The molecule has 2 saturated carbocycles. The highest BCUT2D eigenvalue weighted by molar-refractivity contribution is 6.00. The van der Waals surface area contributed by atoms with Gasteiger partial charge in [0.25, 0.3) is 0 Å². The normalized spacial score (nSPS) is 23.4. The average molecular weight is 739 g/mol. The number of fused-ring (bicyclic) bond motifs is 2. The Kier molecular flexibility index (Phi) is 9.76. The Morgan fingerprint density at radius 2 is 1.76 bits per heavy atom. The van der Waals surface area contributed by atoms with Crippen LogP contribution in [-0.2, 0) is 33.6 Å².